The molecule has 0 aliphatic rings. The normalized spacial score (nSPS) is 12.0. The number of halogens is 6. The van der Waals surface area contributed by atoms with E-state index in [1.165, 1.54) is 12.1 Å². The molecule has 46 heavy (non-hydrogen) atoms. The number of hydrogen-bond donors (Lipinski definition) is 0. The van der Waals surface area contributed by atoms with E-state index in [1.54, 1.807) is 60.7 Å². The van der Waals surface area contributed by atoms with Gasteiger partial charge in [-0.1, -0.05) is 60.7 Å². The van der Waals surface area contributed by atoms with Crippen LogP contribution in [0.1, 0.15) is 16.7 Å². The molecule has 1 heterocycles. The number of ether oxygens (including phenoxy) is 2. The monoisotopic (exact) mass is 680 g/mol. The molecular formula is C30H18F6N7NiO2-. The van der Waals surface area contributed by atoms with Crippen molar-refractivity contribution in [1.29, 1.82) is 0 Å². The van der Waals surface area contributed by atoms with Gasteiger partial charge in [0.05, 0.1) is 22.8 Å². The number of nitrogens with zero attached hydrogens (tertiary/aromatic N) is 7. The molecule has 0 N–H and O–H groups in total. The van der Waals surface area contributed by atoms with Crippen LogP contribution in [0.5, 0.6) is 23.5 Å². The summed E-state index contributed by atoms with van der Waals surface area (Å²) >= 11 is 0. The van der Waals surface area contributed by atoms with Crippen molar-refractivity contribution in [2.45, 2.75) is 12.4 Å². The zero-order valence-electron chi connectivity index (χ0n) is 22.9. The Morgan fingerprint density at radius 1 is 0.630 bits per heavy atom. The van der Waals surface area contributed by atoms with Gasteiger partial charge < -0.3 is 19.4 Å². The molecule has 0 unspecified atom stereocenters. The first kappa shape index (κ1) is 33.5. The summed E-state index contributed by atoms with van der Waals surface area (Å²) in [5, 5.41) is 11.3. The largest absolute Gasteiger partial charge is 0.436 e. The van der Waals surface area contributed by atoms with Gasteiger partial charge in [0, 0.05) is 22.1 Å². The van der Waals surface area contributed by atoms with Crippen molar-refractivity contribution in [2.24, 2.45) is 15.3 Å². The molecule has 0 saturated carbocycles. The molecule has 0 aliphatic heterocycles. The van der Waals surface area contributed by atoms with E-state index in [9.17, 15) is 26.3 Å². The molecule has 5 aromatic rings. The van der Waals surface area contributed by atoms with Gasteiger partial charge in [-0.15, -0.1) is 10.2 Å². The molecule has 1 aromatic heterocycles. The van der Waals surface area contributed by atoms with E-state index in [0.717, 1.165) is 30.3 Å². The Labute approximate surface area is 267 Å². The van der Waals surface area contributed by atoms with Gasteiger partial charge in [-0.05, 0) is 48.5 Å². The summed E-state index contributed by atoms with van der Waals surface area (Å²) in [5.41, 5.74) is 0.829. The average molecular weight is 681 g/mol. The number of rotatable bonds is 8. The van der Waals surface area contributed by atoms with Crippen LogP contribution in [0.2, 0.25) is 0 Å². The van der Waals surface area contributed by atoms with Crippen LogP contribution in [-0.4, -0.2) is 20.8 Å². The van der Waals surface area contributed by atoms with Gasteiger partial charge in [0.2, 0.25) is 0 Å². The molecule has 238 valence electrons. The summed E-state index contributed by atoms with van der Waals surface area (Å²) in [5.74, 6) is -0.452. The summed E-state index contributed by atoms with van der Waals surface area (Å²) in [6, 6.07) is 24.3. The molecule has 0 radical (unpaired) electrons. The molecule has 0 fully saturated rings. The maximum atomic E-state index is 13.9. The van der Waals surface area contributed by atoms with Crippen LogP contribution in [0, 0.1) is 0 Å². The van der Waals surface area contributed by atoms with Gasteiger partial charge >= 0.3 is 12.4 Å². The SMILES string of the molecule is FC(F)(F)c1cccc(N=N/C(=N\[N-]c2nc(Oc3ccccc3)nc(Oc3ccccc3)n2)c2ccccc2C(F)(F)F)c1.[Ni]. The molecule has 9 nitrogen and oxygen atoms in total. The van der Waals surface area contributed by atoms with E-state index in [4.69, 9.17) is 9.47 Å². The van der Waals surface area contributed by atoms with Crippen LogP contribution in [0.25, 0.3) is 5.43 Å². The molecule has 0 aliphatic carbocycles. The summed E-state index contributed by atoms with van der Waals surface area (Å²) in [6.45, 7) is 0. The molecule has 4 aromatic carbocycles. The molecule has 5 rings (SSSR count). The summed E-state index contributed by atoms with van der Waals surface area (Å²) < 4.78 is 92.6. The predicted octanol–water partition coefficient (Wildman–Crippen LogP) is 9.64. The summed E-state index contributed by atoms with van der Waals surface area (Å²) in [7, 11) is 0. The Kier molecular flexibility index (Phi) is 10.6. The van der Waals surface area contributed by atoms with E-state index in [1.807, 2.05) is 0 Å². The average Bonchev–Trinajstić information content (AvgIpc) is 3.01. The molecule has 0 spiro atoms. The van der Waals surface area contributed by atoms with Crippen molar-refractivity contribution >= 4 is 17.5 Å². The first-order chi connectivity index (χ1) is 21.5. The Morgan fingerprint density at radius 2 is 1.20 bits per heavy atom. The van der Waals surface area contributed by atoms with Crippen molar-refractivity contribution in [1.82, 2.24) is 15.0 Å². The zero-order chi connectivity index (χ0) is 31.9. The number of aromatic nitrogens is 3. The second-order valence-corrected chi connectivity index (χ2v) is 8.85. The number of para-hydroxylation sites is 2. The fraction of sp³-hybridized carbons (Fsp3) is 0.0667. The van der Waals surface area contributed by atoms with E-state index in [-0.39, 0.29) is 34.2 Å². The maximum absolute atomic E-state index is 13.9. The second kappa shape index (κ2) is 14.6. The minimum absolute atomic E-state index is 0. The number of benzene rings is 4. The number of amidine groups is 1. The minimum atomic E-state index is -4.84. The van der Waals surface area contributed by atoms with Crippen molar-refractivity contribution < 1.29 is 52.3 Å². The number of hydrogen-bond acceptors (Lipinski definition) is 7. The van der Waals surface area contributed by atoms with Crippen LogP contribution < -0.4 is 9.47 Å². The van der Waals surface area contributed by atoms with Gasteiger partial charge in [0.25, 0.3) is 12.0 Å². The number of alkyl halides is 6. The first-order valence-electron chi connectivity index (χ1n) is 12.8. The zero-order valence-corrected chi connectivity index (χ0v) is 23.9. The van der Waals surface area contributed by atoms with E-state index in [2.05, 4.69) is 35.7 Å². The van der Waals surface area contributed by atoms with Crippen molar-refractivity contribution in [3.05, 3.63) is 131 Å². The molecule has 0 atom stereocenters. The van der Waals surface area contributed by atoms with Crippen LogP contribution in [0.15, 0.2) is 125 Å². The van der Waals surface area contributed by atoms with Crippen LogP contribution >= 0.6 is 0 Å². The molecule has 0 amide bonds. The van der Waals surface area contributed by atoms with Crippen molar-refractivity contribution in [3.63, 3.8) is 0 Å². The second-order valence-electron chi connectivity index (χ2n) is 8.85. The maximum Gasteiger partial charge on any atom is 0.417 e. The Hall–Kier alpha value is -5.37. The Bertz CT molecular complexity index is 1760. The third-order valence-electron chi connectivity index (χ3n) is 5.63. The van der Waals surface area contributed by atoms with Crippen molar-refractivity contribution in [2.75, 3.05) is 0 Å². The minimum Gasteiger partial charge on any atom is -0.436 e. The molecule has 16 heteroatoms. The topological polar surface area (TPSA) is 108 Å². The summed E-state index contributed by atoms with van der Waals surface area (Å²) in [4.78, 5) is 12.2. The molecular weight excluding hydrogens is 663 g/mol. The Balaban J connectivity index is 0.00000480. The standard InChI is InChI=1S/C30H18F6N7O2.Ni/c31-29(32,33)19-10-9-11-20(18-19)40-41-25(23-16-7-8-17-24(23)30(34,35)36)42-43-26-37-27(44-21-12-3-1-4-13-21)39-28(38-26)45-22-14-5-2-6-15-22;/h1-18H;/q-1;/b41-40?,42-25-;. The molecule has 0 saturated heterocycles. The number of azo groups is 1. The van der Waals surface area contributed by atoms with Crippen LogP contribution in [0.3, 0.4) is 0 Å². The predicted molar refractivity (Wildman–Crippen MR) is 150 cm³/mol. The smallest absolute Gasteiger partial charge is 0.417 e. The first-order valence-corrected chi connectivity index (χ1v) is 12.8. The van der Waals surface area contributed by atoms with Gasteiger partial charge in [-0.3, -0.25) is 5.43 Å². The third kappa shape index (κ3) is 9.08. The van der Waals surface area contributed by atoms with Gasteiger partial charge in [0.15, 0.2) is 5.84 Å². The van der Waals surface area contributed by atoms with E-state index >= 15 is 0 Å². The van der Waals surface area contributed by atoms with Gasteiger partial charge in [-0.2, -0.15) is 36.4 Å². The Morgan fingerprint density at radius 3 is 1.76 bits per heavy atom. The van der Waals surface area contributed by atoms with Gasteiger partial charge in [0.1, 0.15) is 11.5 Å². The fourth-order valence-corrected chi connectivity index (χ4v) is 3.65. The fourth-order valence-electron chi connectivity index (χ4n) is 3.65. The van der Waals surface area contributed by atoms with Crippen molar-refractivity contribution in [3.8, 4) is 23.5 Å². The van der Waals surface area contributed by atoms with Crippen LogP contribution in [0.4, 0.5) is 38.0 Å². The molecule has 0 bridgehead atoms. The quantitative estimate of drug-likeness (QED) is 0.0405. The van der Waals surface area contributed by atoms with Crippen LogP contribution in [-0.2, 0) is 28.8 Å². The summed E-state index contributed by atoms with van der Waals surface area (Å²) in [6.07, 6.45) is -9.53. The third-order valence-corrected chi connectivity index (χ3v) is 5.63. The van der Waals surface area contributed by atoms with E-state index in [0.29, 0.717) is 17.6 Å². The van der Waals surface area contributed by atoms with E-state index < -0.39 is 40.8 Å². The van der Waals surface area contributed by atoms with Gasteiger partial charge in [-0.25, -0.2) is 0 Å².